The number of esters is 1. The summed E-state index contributed by atoms with van der Waals surface area (Å²) in [5.41, 5.74) is 2.67. The lowest BCUT2D eigenvalue weighted by molar-refractivity contribution is -0.142. The average Bonchev–Trinajstić information content (AvgIpc) is 3.16. The lowest BCUT2D eigenvalue weighted by Gasteiger charge is -2.29. The van der Waals surface area contributed by atoms with Gasteiger partial charge in [-0.3, -0.25) is 4.79 Å². The van der Waals surface area contributed by atoms with E-state index in [1.54, 1.807) is 39.5 Å². The van der Waals surface area contributed by atoms with E-state index in [9.17, 15) is 18.0 Å². The molecule has 0 saturated carbocycles. The van der Waals surface area contributed by atoms with Gasteiger partial charge < -0.3 is 9.64 Å². The molecule has 180 valence electrons. The van der Waals surface area contributed by atoms with Crippen LogP contribution in [0.4, 0.5) is 5.69 Å². The van der Waals surface area contributed by atoms with Gasteiger partial charge >= 0.3 is 5.97 Å². The second-order valence-electron chi connectivity index (χ2n) is 8.61. The fraction of sp³-hybridized carbons (Fsp3) is 0.385. The summed E-state index contributed by atoms with van der Waals surface area (Å²) in [5, 5.41) is 0. The number of carbonyl (C=O) groups is 2. The van der Waals surface area contributed by atoms with Crippen LogP contribution in [-0.4, -0.2) is 50.8 Å². The molecule has 2 aliphatic heterocycles. The fourth-order valence-electron chi connectivity index (χ4n) is 4.40. The van der Waals surface area contributed by atoms with E-state index in [1.807, 2.05) is 24.3 Å². The Morgan fingerprint density at radius 1 is 0.882 bits per heavy atom. The molecule has 1 fully saturated rings. The van der Waals surface area contributed by atoms with E-state index in [0.29, 0.717) is 25.2 Å². The van der Waals surface area contributed by atoms with Crippen molar-refractivity contribution in [3.63, 3.8) is 0 Å². The number of ether oxygens (including phenoxy) is 1. The summed E-state index contributed by atoms with van der Waals surface area (Å²) >= 11 is 0. The Morgan fingerprint density at radius 2 is 1.59 bits per heavy atom. The quantitative estimate of drug-likeness (QED) is 0.462. The van der Waals surface area contributed by atoms with Crippen molar-refractivity contribution in [1.82, 2.24) is 4.31 Å². The summed E-state index contributed by atoms with van der Waals surface area (Å²) in [6.45, 7) is 1.38. The molecule has 4 rings (SSSR count). The number of carbonyl (C=O) groups excluding carboxylic acids is 2. The number of aryl methyl sites for hydroxylation is 1. The number of benzene rings is 2. The van der Waals surface area contributed by atoms with Crippen LogP contribution in [0.1, 0.15) is 43.2 Å². The van der Waals surface area contributed by atoms with Crippen molar-refractivity contribution < 1.29 is 22.7 Å². The molecule has 0 bridgehead atoms. The molecule has 2 heterocycles. The maximum Gasteiger partial charge on any atom is 0.331 e. The lowest BCUT2D eigenvalue weighted by Crippen LogP contribution is -2.38. The summed E-state index contributed by atoms with van der Waals surface area (Å²) in [6, 6.07) is 14.2. The van der Waals surface area contributed by atoms with Crippen LogP contribution in [0.15, 0.2) is 59.5 Å². The number of amides is 1. The van der Waals surface area contributed by atoms with Gasteiger partial charge in [-0.2, -0.15) is 4.31 Å². The third kappa shape index (κ3) is 5.74. The summed E-state index contributed by atoms with van der Waals surface area (Å²) in [6.07, 6.45) is 8.48. The lowest BCUT2D eigenvalue weighted by atomic mass is 10.0. The van der Waals surface area contributed by atoms with Crippen LogP contribution >= 0.6 is 0 Å². The topological polar surface area (TPSA) is 84.0 Å². The predicted molar refractivity (Wildman–Crippen MR) is 131 cm³/mol. The Morgan fingerprint density at radius 3 is 2.32 bits per heavy atom. The summed E-state index contributed by atoms with van der Waals surface area (Å²) in [4.78, 5) is 26.6. The van der Waals surface area contributed by atoms with Crippen molar-refractivity contribution in [2.24, 2.45) is 0 Å². The first-order chi connectivity index (χ1) is 16.4. The van der Waals surface area contributed by atoms with Gasteiger partial charge in [-0.25, -0.2) is 13.2 Å². The highest BCUT2D eigenvalue weighted by Gasteiger charge is 2.25. The minimum Gasteiger partial charge on any atom is -0.452 e. The van der Waals surface area contributed by atoms with Crippen molar-refractivity contribution in [3.05, 3.63) is 65.7 Å². The van der Waals surface area contributed by atoms with Crippen LogP contribution < -0.4 is 4.90 Å². The van der Waals surface area contributed by atoms with Crippen LogP contribution in [0.2, 0.25) is 0 Å². The fourth-order valence-corrected chi connectivity index (χ4v) is 5.91. The average molecular weight is 483 g/mol. The molecule has 2 aromatic carbocycles. The van der Waals surface area contributed by atoms with Crippen LogP contribution in [0.25, 0.3) is 6.08 Å². The number of nitrogens with zero attached hydrogens (tertiary/aromatic N) is 2. The Labute approximate surface area is 201 Å². The number of sulfonamides is 1. The maximum absolute atomic E-state index is 12.9. The van der Waals surface area contributed by atoms with Crippen LogP contribution in [0, 0.1) is 0 Å². The van der Waals surface area contributed by atoms with E-state index in [0.717, 1.165) is 49.8 Å². The number of fused-ring (bicyclic) bond motifs is 1. The Hall–Kier alpha value is -2.97. The van der Waals surface area contributed by atoms with E-state index in [2.05, 4.69) is 0 Å². The molecular weight excluding hydrogens is 452 g/mol. The molecule has 2 aromatic rings. The second kappa shape index (κ2) is 11.0. The van der Waals surface area contributed by atoms with Crippen molar-refractivity contribution in [2.45, 2.75) is 43.4 Å². The van der Waals surface area contributed by atoms with Gasteiger partial charge in [-0.05, 0) is 61.1 Å². The van der Waals surface area contributed by atoms with E-state index in [-0.39, 0.29) is 17.4 Å². The summed E-state index contributed by atoms with van der Waals surface area (Å²) in [7, 11) is -3.51. The van der Waals surface area contributed by atoms with Gasteiger partial charge in [0, 0.05) is 31.4 Å². The SMILES string of the molecule is O=C(C=Cc1ccc(S(=O)(=O)N2CCCCCC2)cc1)OCC(=O)N1CCCc2ccccc21. The van der Waals surface area contributed by atoms with Crippen molar-refractivity contribution in [3.8, 4) is 0 Å². The molecule has 0 aromatic heterocycles. The summed E-state index contributed by atoms with van der Waals surface area (Å²) in [5.74, 6) is -0.878. The Balaban J connectivity index is 1.31. The zero-order valence-corrected chi connectivity index (χ0v) is 20.0. The molecule has 0 radical (unpaired) electrons. The first-order valence-electron chi connectivity index (χ1n) is 11.8. The highest BCUT2D eigenvalue weighted by Crippen LogP contribution is 2.26. The zero-order chi connectivity index (χ0) is 24.0. The number of anilines is 1. The van der Waals surface area contributed by atoms with Gasteiger partial charge in [-0.1, -0.05) is 43.2 Å². The van der Waals surface area contributed by atoms with E-state index >= 15 is 0 Å². The number of para-hydroxylation sites is 1. The molecule has 0 atom stereocenters. The largest absolute Gasteiger partial charge is 0.452 e. The minimum atomic E-state index is -3.51. The van der Waals surface area contributed by atoms with Crippen LogP contribution in [0.5, 0.6) is 0 Å². The first kappa shape index (κ1) is 24.2. The van der Waals surface area contributed by atoms with Gasteiger partial charge in [0.05, 0.1) is 4.90 Å². The zero-order valence-electron chi connectivity index (χ0n) is 19.2. The first-order valence-corrected chi connectivity index (χ1v) is 13.2. The van der Waals surface area contributed by atoms with Crippen molar-refractivity contribution in [2.75, 3.05) is 31.1 Å². The molecule has 1 saturated heterocycles. The second-order valence-corrected chi connectivity index (χ2v) is 10.5. The van der Waals surface area contributed by atoms with Gasteiger partial charge in [-0.15, -0.1) is 0 Å². The number of rotatable bonds is 6. The van der Waals surface area contributed by atoms with Gasteiger partial charge in [0.15, 0.2) is 6.61 Å². The number of hydrogen-bond donors (Lipinski definition) is 0. The Kier molecular flexibility index (Phi) is 7.80. The molecule has 34 heavy (non-hydrogen) atoms. The summed E-state index contributed by atoms with van der Waals surface area (Å²) < 4.78 is 32.4. The predicted octanol–water partition coefficient (Wildman–Crippen LogP) is 3.79. The van der Waals surface area contributed by atoms with E-state index in [4.69, 9.17) is 4.74 Å². The van der Waals surface area contributed by atoms with Crippen molar-refractivity contribution >= 4 is 33.7 Å². The Bertz CT molecular complexity index is 1150. The molecule has 8 heteroatoms. The van der Waals surface area contributed by atoms with E-state index < -0.39 is 16.0 Å². The van der Waals surface area contributed by atoms with Crippen molar-refractivity contribution in [1.29, 1.82) is 0 Å². The van der Waals surface area contributed by atoms with E-state index in [1.165, 1.54) is 6.08 Å². The van der Waals surface area contributed by atoms with Crippen LogP contribution in [0.3, 0.4) is 0 Å². The molecule has 0 spiro atoms. The standard InChI is InChI=1S/C26H30N2O5S/c29-25(28-19-7-9-22-8-3-4-10-24(22)28)20-33-26(30)16-13-21-11-14-23(15-12-21)34(31,32)27-17-5-1-2-6-18-27/h3-4,8,10-16H,1-2,5-7,9,17-20H2. The minimum absolute atomic E-state index is 0.251. The van der Waals surface area contributed by atoms with Gasteiger partial charge in [0.2, 0.25) is 10.0 Å². The molecule has 2 aliphatic rings. The molecule has 7 nitrogen and oxygen atoms in total. The smallest absolute Gasteiger partial charge is 0.331 e. The van der Waals surface area contributed by atoms with Crippen LogP contribution in [-0.2, 0) is 30.8 Å². The normalized spacial score (nSPS) is 17.2. The highest BCUT2D eigenvalue weighted by molar-refractivity contribution is 7.89. The monoisotopic (exact) mass is 482 g/mol. The molecule has 0 aliphatic carbocycles. The van der Waals surface area contributed by atoms with Gasteiger partial charge in [0.1, 0.15) is 0 Å². The molecule has 0 unspecified atom stereocenters. The molecule has 1 amide bonds. The number of hydrogen-bond acceptors (Lipinski definition) is 5. The third-order valence-electron chi connectivity index (χ3n) is 6.24. The third-order valence-corrected chi connectivity index (χ3v) is 8.16. The maximum atomic E-state index is 12.9. The van der Waals surface area contributed by atoms with Gasteiger partial charge in [0.25, 0.3) is 5.91 Å². The highest BCUT2D eigenvalue weighted by atomic mass is 32.2. The molecule has 0 N–H and O–H groups in total. The molecular formula is C26H30N2O5S.